The van der Waals surface area contributed by atoms with E-state index in [1.807, 2.05) is 30.1 Å². The minimum atomic E-state index is 0.597. The van der Waals surface area contributed by atoms with Crippen LogP contribution in [-0.4, -0.2) is 7.05 Å². The number of nitrogens with zero attached hydrogens (tertiary/aromatic N) is 2. The van der Waals surface area contributed by atoms with Crippen LogP contribution in [-0.2, 0) is 0 Å². The third-order valence-corrected chi connectivity index (χ3v) is 2.97. The van der Waals surface area contributed by atoms with E-state index in [1.165, 1.54) is 0 Å². The SMILES string of the molecule is CN(c1cc(Cl)ccc1N)c1ccccc1C#N. The van der Waals surface area contributed by atoms with Crippen molar-refractivity contribution in [3.05, 3.63) is 53.1 Å². The second-order valence-corrected chi connectivity index (χ2v) is 4.33. The summed E-state index contributed by atoms with van der Waals surface area (Å²) in [6, 6.07) is 14.8. The largest absolute Gasteiger partial charge is 0.397 e. The van der Waals surface area contributed by atoms with Crippen molar-refractivity contribution in [2.45, 2.75) is 0 Å². The molecular weight excluding hydrogens is 246 g/mol. The number of rotatable bonds is 2. The maximum atomic E-state index is 9.10. The summed E-state index contributed by atoms with van der Waals surface area (Å²) in [5, 5.41) is 9.72. The standard InChI is InChI=1S/C14H12ClN3/c1-18(13-5-3-2-4-10(13)9-16)14-8-11(15)6-7-12(14)17/h2-8H,17H2,1H3. The van der Waals surface area contributed by atoms with Gasteiger partial charge in [0.2, 0.25) is 0 Å². The molecule has 18 heavy (non-hydrogen) atoms. The Balaban J connectivity index is 2.51. The Morgan fingerprint density at radius 1 is 1.17 bits per heavy atom. The number of hydrogen-bond donors (Lipinski definition) is 1. The van der Waals surface area contributed by atoms with Crippen molar-refractivity contribution in [2.75, 3.05) is 17.7 Å². The van der Waals surface area contributed by atoms with Gasteiger partial charge in [-0.2, -0.15) is 5.26 Å². The van der Waals surface area contributed by atoms with Crippen LogP contribution in [0.5, 0.6) is 0 Å². The molecule has 0 fully saturated rings. The molecule has 90 valence electrons. The van der Waals surface area contributed by atoms with Crippen molar-refractivity contribution in [3.8, 4) is 6.07 Å². The molecular formula is C14H12ClN3. The molecule has 0 saturated heterocycles. The van der Waals surface area contributed by atoms with Gasteiger partial charge in [0, 0.05) is 12.1 Å². The first-order valence-electron chi connectivity index (χ1n) is 5.41. The smallest absolute Gasteiger partial charge is 0.101 e. The summed E-state index contributed by atoms with van der Waals surface area (Å²) >= 11 is 5.97. The fraction of sp³-hybridized carbons (Fsp3) is 0.0714. The molecule has 0 aliphatic rings. The highest BCUT2D eigenvalue weighted by Gasteiger charge is 2.11. The zero-order chi connectivity index (χ0) is 13.1. The molecule has 0 aliphatic heterocycles. The predicted molar refractivity (Wildman–Crippen MR) is 75.1 cm³/mol. The van der Waals surface area contributed by atoms with Crippen LogP contribution in [0.1, 0.15) is 5.56 Å². The number of para-hydroxylation sites is 1. The fourth-order valence-electron chi connectivity index (χ4n) is 1.80. The van der Waals surface area contributed by atoms with E-state index in [1.54, 1.807) is 24.3 Å². The normalized spacial score (nSPS) is 9.83. The van der Waals surface area contributed by atoms with E-state index < -0.39 is 0 Å². The maximum Gasteiger partial charge on any atom is 0.101 e. The van der Waals surface area contributed by atoms with Crippen LogP contribution in [0, 0.1) is 11.3 Å². The summed E-state index contributed by atoms with van der Waals surface area (Å²) in [5.74, 6) is 0. The fourth-order valence-corrected chi connectivity index (χ4v) is 1.96. The topological polar surface area (TPSA) is 53.0 Å². The van der Waals surface area contributed by atoms with Gasteiger partial charge in [-0.1, -0.05) is 23.7 Å². The van der Waals surface area contributed by atoms with Gasteiger partial charge in [-0.3, -0.25) is 0 Å². The molecule has 0 unspecified atom stereocenters. The lowest BCUT2D eigenvalue weighted by Crippen LogP contribution is -2.12. The third kappa shape index (κ3) is 2.24. The molecule has 2 aromatic carbocycles. The van der Waals surface area contributed by atoms with Gasteiger partial charge in [-0.05, 0) is 30.3 Å². The monoisotopic (exact) mass is 257 g/mol. The van der Waals surface area contributed by atoms with Crippen LogP contribution in [0.2, 0.25) is 5.02 Å². The second kappa shape index (κ2) is 4.99. The van der Waals surface area contributed by atoms with Crippen molar-refractivity contribution in [2.24, 2.45) is 0 Å². The van der Waals surface area contributed by atoms with Crippen LogP contribution in [0.4, 0.5) is 17.1 Å². The zero-order valence-electron chi connectivity index (χ0n) is 9.89. The van der Waals surface area contributed by atoms with E-state index in [0.717, 1.165) is 11.4 Å². The summed E-state index contributed by atoms with van der Waals surface area (Å²) in [6.07, 6.45) is 0. The van der Waals surface area contributed by atoms with Crippen LogP contribution in [0.3, 0.4) is 0 Å². The highest BCUT2D eigenvalue weighted by atomic mass is 35.5. The van der Waals surface area contributed by atoms with E-state index in [9.17, 15) is 0 Å². The summed E-state index contributed by atoms with van der Waals surface area (Å²) < 4.78 is 0. The molecule has 0 atom stereocenters. The van der Waals surface area contributed by atoms with Gasteiger partial charge in [0.1, 0.15) is 6.07 Å². The summed E-state index contributed by atoms with van der Waals surface area (Å²) in [4.78, 5) is 1.86. The number of nitriles is 1. The van der Waals surface area contributed by atoms with Gasteiger partial charge in [-0.25, -0.2) is 0 Å². The molecule has 0 spiro atoms. The first kappa shape index (κ1) is 12.3. The minimum absolute atomic E-state index is 0.597. The lowest BCUT2D eigenvalue weighted by atomic mass is 10.1. The summed E-state index contributed by atoms with van der Waals surface area (Å²) in [6.45, 7) is 0. The van der Waals surface area contributed by atoms with E-state index >= 15 is 0 Å². The molecule has 2 rings (SSSR count). The van der Waals surface area contributed by atoms with Gasteiger partial charge in [0.25, 0.3) is 0 Å². The Bertz CT molecular complexity index is 617. The molecule has 4 heteroatoms. The number of hydrogen-bond acceptors (Lipinski definition) is 3. The summed E-state index contributed by atoms with van der Waals surface area (Å²) in [7, 11) is 1.86. The number of nitrogen functional groups attached to an aromatic ring is 1. The number of nitrogens with two attached hydrogens (primary N) is 1. The molecule has 0 amide bonds. The van der Waals surface area contributed by atoms with Gasteiger partial charge in [0.15, 0.2) is 0 Å². The first-order valence-corrected chi connectivity index (χ1v) is 5.79. The van der Waals surface area contributed by atoms with Crippen molar-refractivity contribution < 1.29 is 0 Å². The van der Waals surface area contributed by atoms with Crippen molar-refractivity contribution >= 4 is 28.7 Å². The lowest BCUT2D eigenvalue weighted by molar-refractivity contribution is 1.20. The van der Waals surface area contributed by atoms with E-state index in [4.69, 9.17) is 22.6 Å². The molecule has 0 aromatic heterocycles. The molecule has 2 aromatic rings. The maximum absolute atomic E-state index is 9.10. The van der Waals surface area contributed by atoms with E-state index in [-0.39, 0.29) is 0 Å². The molecule has 0 saturated carbocycles. The van der Waals surface area contributed by atoms with E-state index in [2.05, 4.69) is 6.07 Å². The van der Waals surface area contributed by atoms with Crippen LogP contribution < -0.4 is 10.6 Å². The Hall–Kier alpha value is -2.18. The second-order valence-electron chi connectivity index (χ2n) is 3.89. The number of benzene rings is 2. The summed E-state index contributed by atoms with van der Waals surface area (Å²) in [5.41, 5.74) is 8.74. The first-order chi connectivity index (χ1) is 8.63. The third-order valence-electron chi connectivity index (χ3n) is 2.74. The van der Waals surface area contributed by atoms with Gasteiger partial charge in [-0.15, -0.1) is 0 Å². The van der Waals surface area contributed by atoms with Crippen LogP contribution in [0.15, 0.2) is 42.5 Å². The lowest BCUT2D eigenvalue weighted by Gasteiger charge is -2.22. The van der Waals surface area contributed by atoms with Crippen LogP contribution >= 0.6 is 11.6 Å². The molecule has 2 N–H and O–H groups in total. The quantitative estimate of drug-likeness (QED) is 0.837. The highest BCUT2D eigenvalue weighted by Crippen LogP contribution is 2.32. The van der Waals surface area contributed by atoms with E-state index in [0.29, 0.717) is 16.3 Å². The van der Waals surface area contributed by atoms with Crippen LogP contribution in [0.25, 0.3) is 0 Å². The predicted octanol–water partition coefficient (Wildman–Crippen LogP) is 3.56. The van der Waals surface area contributed by atoms with Gasteiger partial charge in [0.05, 0.1) is 22.6 Å². The van der Waals surface area contributed by atoms with Gasteiger partial charge >= 0.3 is 0 Å². The number of anilines is 3. The van der Waals surface area contributed by atoms with Gasteiger partial charge < -0.3 is 10.6 Å². The Morgan fingerprint density at radius 3 is 2.61 bits per heavy atom. The molecule has 3 nitrogen and oxygen atoms in total. The molecule has 0 radical (unpaired) electrons. The Kier molecular flexibility index (Phi) is 3.40. The highest BCUT2D eigenvalue weighted by molar-refractivity contribution is 6.31. The van der Waals surface area contributed by atoms with Crippen molar-refractivity contribution in [1.82, 2.24) is 0 Å². The van der Waals surface area contributed by atoms with Crippen molar-refractivity contribution in [1.29, 1.82) is 5.26 Å². The zero-order valence-corrected chi connectivity index (χ0v) is 10.6. The Labute approximate surface area is 111 Å². The molecule has 0 bridgehead atoms. The Morgan fingerprint density at radius 2 is 1.89 bits per heavy atom. The molecule has 0 aliphatic carbocycles. The van der Waals surface area contributed by atoms with Crippen molar-refractivity contribution in [3.63, 3.8) is 0 Å². The number of halogens is 1. The molecule has 0 heterocycles. The minimum Gasteiger partial charge on any atom is -0.397 e. The average molecular weight is 258 g/mol. The average Bonchev–Trinajstić information content (AvgIpc) is 2.40.